The highest BCUT2D eigenvalue weighted by atomic mass is 32.1. The summed E-state index contributed by atoms with van der Waals surface area (Å²) in [4.78, 5) is 14.6. The molecule has 7 heteroatoms. The number of carbonyl (C=O) groups excluding carboxylic acids is 1. The minimum atomic E-state index is -0.0266. The van der Waals surface area contributed by atoms with Crippen molar-refractivity contribution in [2.45, 2.75) is 51.1 Å². The van der Waals surface area contributed by atoms with Crippen LogP contribution in [-0.4, -0.2) is 32.2 Å². The van der Waals surface area contributed by atoms with Gasteiger partial charge in [0, 0.05) is 24.9 Å². The quantitative estimate of drug-likeness (QED) is 0.917. The van der Waals surface area contributed by atoms with Crippen LogP contribution in [0.5, 0.6) is 0 Å². The van der Waals surface area contributed by atoms with Gasteiger partial charge in [0.05, 0.1) is 11.7 Å². The van der Waals surface area contributed by atoms with Crippen molar-refractivity contribution in [1.29, 1.82) is 0 Å². The molecule has 0 saturated carbocycles. The molecule has 122 valence electrons. The van der Waals surface area contributed by atoms with Gasteiger partial charge in [-0.1, -0.05) is 0 Å². The average molecular weight is 331 g/mol. The van der Waals surface area contributed by atoms with E-state index in [4.69, 9.17) is 0 Å². The number of anilines is 1. The van der Waals surface area contributed by atoms with Crippen molar-refractivity contribution in [3.05, 3.63) is 28.5 Å². The van der Waals surface area contributed by atoms with Gasteiger partial charge in [-0.25, -0.2) is 4.79 Å². The topological polar surface area (TPSA) is 63.1 Å². The highest BCUT2D eigenvalue weighted by Gasteiger charge is 2.33. The normalized spacial score (nSPS) is 21.0. The molecule has 2 aliphatic heterocycles. The van der Waals surface area contributed by atoms with Crippen molar-refractivity contribution >= 4 is 23.1 Å². The van der Waals surface area contributed by atoms with Crippen molar-refractivity contribution in [2.24, 2.45) is 0 Å². The smallest absolute Gasteiger partial charge is 0.314 e. The van der Waals surface area contributed by atoms with Gasteiger partial charge in [0.1, 0.15) is 5.82 Å². The predicted octanol–water partition coefficient (Wildman–Crippen LogP) is 3.44. The lowest BCUT2D eigenvalue weighted by Gasteiger charge is -2.35. The van der Waals surface area contributed by atoms with E-state index in [1.165, 1.54) is 12.8 Å². The van der Waals surface area contributed by atoms with Gasteiger partial charge in [-0.2, -0.15) is 11.3 Å². The number of aryl methyl sites for hydroxylation is 1. The van der Waals surface area contributed by atoms with Gasteiger partial charge in [-0.15, -0.1) is 10.2 Å². The monoisotopic (exact) mass is 331 g/mol. The maximum atomic E-state index is 12.7. The first-order valence-electron chi connectivity index (χ1n) is 8.35. The van der Waals surface area contributed by atoms with E-state index in [1.807, 2.05) is 21.7 Å². The number of hydrogen-bond acceptors (Lipinski definition) is 4. The lowest BCUT2D eigenvalue weighted by atomic mass is 10.0. The third-order valence-corrected chi connectivity index (χ3v) is 5.41. The van der Waals surface area contributed by atoms with E-state index in [-0.39, 0.29) is 12.1 Å². The van der Waals surface area contributed by atoms with E-state index in [0.29, 0.717) is 0 Å². The van der Waals surface area contributed by atoms with Crippen LogP contribution in [0.25, 0.3) is 0 Å². The van der Waals surface area contributed by atoms with Crippen LogP contribution in [0.3, 0.4) is 0 Å². The minimum Gasteiger partial charge on any atom is -0.314 e. The number of fused-ring (bicyclic) bond motifs is 1. The van der Waals surface area contributed by atoms with Gasteiger partial charge < -0.3 is 14.8 Å². The van der Waals surface area contributed by atoms with Crippen LogP contribution in [0.1, 0.15) is 49.8 Å². The second-order valence-electron chi connectivity index (χ2n) is 6.23. The molecule has 23 heavy (non-hydrogen) atoms. The van der Waals surface area contributed by atoms with Gasteiger partial charge in [0.2, 0.25) is 0 Å². The predicted molar refractivity (Wildman–Crippen MR) is 89.6 cm³/mol. The Bertz CT molecular complexity index is 681. The number of carbonyl (C=O) groups is 1. The van der Waals surface area contributed by atoms with E-state index in [9.17, 15) is 4.79 Å². The summed E-state index contributed by atoms with van der Waals surface area (Å²) < 4.78 is 2.24. The number of nitrogens with zero attached hydrogens (tertiary/aromatic N) is 4. The van der Waals surface area contributed by atoms with Gasteiger partial charge in [0.25, 0.3) is 0 Å². The molecule has 4 heterocycles. The lowest BCUT2D eigenvalue weighted by molar-refractivity contribution is 0.156. The zero-order valence-corrected chi connectivity index (χ0v) is 13.9. The van der Waals surface area contributed by atoms with E-state index in [2.05, 4.69) is 20.1 Å². The maximum Gasteiger partial charge on any atom is 0.322 e. The number of rotatable bonds is 2. The van der Waals surface area contributed by atoms with Crippen LogP contribution in [0, 0.1) is 0 Å². The van der Waals surface area contributed by atoms with Crippen molar-refractivity contribution in [3.63, 3.8) is 0 Å². The van der Waals surface area contributed by atoms with Gasteiger partial charge in [-0.3, -0.25) is 0 Å². The number of thiophene rings is 1. The molecular weight excluding hydrogens is 310 g/mol. The van der Waals surface area contributed by atoms with Crippen LogP contribution >= 0.6 is 11.3 Å². The zero-order valence-electron chi connectivity index (χ0n) is 13.1. The molecule has 0 aliphatic carbocycles. The first-order chi connectivity index (χ1) is 11.3. The Morgan fingerprint density at radius 1 is 1.22 bits per heavy atom. The third kappa shape index (κ3) is 2.85. The molecule has 0 unspecified atom stereocenters. The lowest BCUT2D eigenvalue weighted by Crippen LogP contribution is -2.42. The number of hydrogen-bond donors (Lipinski definition) is 1. The van der Waals surface area contributed by atoms with Gasteiger partial charge in [0.15, 0.2) is 5.82 Å². The van der Waals surface area contributed by atoms with Crippen molar-refractivity contribution < 1.29 is 4.79 Å². The summed E-state index contributed by atoms with van der Waals surface area (Å²) in [5.41, 5.74) is 0.868. The Kier molecular flexibility index (Phi) is 4.03. The summed E-state index contributed by atoms with van der Waals surface area (Å²) in [6.07, 6.45) is 6.51. The largest absolute Gasteiger partial charge is 0.322 e. The first-order valence-corrected chi connectivity index (χ1v) is 9.29. The third-order valence-electron chi connectivity index (χ3n) is 4.72. The number of aromatic nitrogens is 3. The highest BCUT2D eigenvalue weighted by molar-refractivity contribution is 7.08. The molecule has 0 spiro atoms. The van der Waals surface area contributed by atoms with E-state index in [0.717, 1.165) is 56.1 Å². The SMILES string of the molecule is O=C(Nc1ccsc1)N1CCCC[C@@H]1c1nnc2n1CCCC2. The Morgan fingerprint density at radius 2 is 2.13 bits per heavy atom. The molecule has 1 N–H and O–H groups in total. The number of urea groups is 1. The number of likely N-dealkylation sites (tertiary alicyclic amines) is 1. The van der Waals surface area contributed by atoms with Crippen molar-refractivity contribution in [2.75, 3.05) is 11.9 Å². The minimum absolute atomic E-state index is 0.0266. The van der Waals surface area contributed by atoms with Crippen LogP contribution in [0.15, 0.2) is 16.8 Å². The molecule has 2 aliphatic rings. The summed E-state index contributed by atoms with van der Waals surface area (Å²) >= 11 is 1.59. The van der Waals surface area contributed by atoms with E-state index >= 15 is 0 Å². The molecule has 4 rings (SSSR count). The number of piperidine rings is 1. The Morgan fingerprint density at radius 3 is 3.00 bits per heavy atom. The summed E-state index contributed by atoms with van der Waals surface area (Å²) in [6, 6.07) is 1.95. The summed E-state index contributed by atoms with van der Waals surface area (Å²) in [5, 5.41) is 15.7. The molecule has 1 saturated heterocycles. The standard InChI is InChI=1S/C16H21N5OS/c22-16(17-12-7-10-23-11-12)20-8-3-1-5-13(20)15-19-18-14-6-2-4-9-21(14)15/h7,10-11,13H,1-6,8-9H2,(H,17,22)/t13-/m1/s1. The first kappa shape index (κ1) is 14.7. The van der Waals surface area contributed by atoms with E-state index in [1.54, 1.807) is 11.3 Å². The Labute approximate surface area is 139 Å². The summed E-state index contributed by atoms with van der Waals surface area (Å²) in [6.45, 7) is 1.76. The molecule has 2 aromatic heterocycles. The summed E-state index contributed by atoms with van der Waals surface area (Å²) in [7, 11) is 0. The highest BCUT2D eigenvalue weighted by Crippen LogP contribution is 2.32. The maximum absolute atomic E-state index is 12.7. The molecule has 0 radical (unpaired) electrons. The molecule has 6 nitrogen and oxygen atoms in total. The van der Waals surface area contributed by atoms with Crippen LogP contribution in [0.4, 0.5) is 10.5 Å². The van der Waals surface area contributed by atoms with Crippen LogP contribution in [0.2, 0.25) is 0 Å². The fourth-order valence-corrected chi connectivity index (χ4v) is 4.14. The fourth-order valence-electron chi connectivity index (χ4n) is 3.55. The van der Waals surface area contributed by atoms with Crippen molar-refractivity contribution in [3.8, 4) is 0 Å². The molecule has 0 bridgehead atoms. The summed E-state index contributed by atoms with van der Waals surface area (Å²) in [5.74, 6) is 2.05. The molecule has 2 aromatic rings. The second-order valence-corrected chi connectivity index (χ2v) is 7.01. The van der Waals surface area contributed by atoms with Crippen LogP contribution in [-0.2, 0) is 13.0 Å². The molecule has 0 aromatic carbocycles. The van der Waals surface area contributed by atoms with Crippen LogP contribution < -0.4 is 5.32 Å². The Balaban J connectivity index is 1.58. The molecule has 1 fully saturated rings. The molecular formula is C16H21N5OS. The Hall–Kier alpha value is -1.89. The fraction of sp³-hybridized carbons (Fsp3) is 0.562. The molecule has 1 atom stereocenters. The molecule has 2 amide bonds. The average Bonchev–Trinajstić information content (AvgIpc) is 3.24. The second kappa shape index (κ2) is 6.31. The van der Waals surface area contributed by atoms with Crippen molar-refractivity contribution in [1.82, 2.24) is 19.7 Å². The van der Waals surface area contributed by atoms with Gasteiger partial charge >= 0.3 is 6.03 Å². The zero-order chi connectivity index (χ0) is 15.6. The van der Waals surface area contributed by atoms with Gasteiger partial charge in [-0.05, 0) is 43.6 Å². The number of amides is 2. The van der Waals surface area contributed by atoms with E-state index < -0.39 is 0 Å². The number of nitrogens with one attached hydrogen (secondary N) is 1.